The first kappa shape index (κ1) is 23.7. The molecule has 0 fully saturated rings. The zero-order valence-corrected chi connectivity index (χ0v) is 17.8. The summed E-state index contributed by atoms with van der Waals surface area (Å²) in [5.41, 5.74) is -5.05. The number of rotatable bonds is 5. The third kappa shape index (κ3) is 4.19. The standard InChI is InChI=1S/C13H12N5O11PS2/c14-31(26,27)5-1-6-8(18(21)22)3-7-11(10(6)9(2-5)32(15,28)29)17(4-30(23,24)25)13(20)12(19)16-7/h1-3H,4H2,(H,16,19)(H2,14,26,27)(H2,15,28,29)(H2,23,24,25). The Hall–Kier alpha value is -2.99. The monoisotopic (exact) mass is 509 g/mol. The molecule has 3 rings (SSSR count). The van der Waals surface area contributed by atoms with E-state index < -0.39 is 87.3 Å². The summed E-state index contributed by atoms with van der Waals surface area (Å²) in [6, 6.07) is 1.76. The average molecular weight is 509 g/mol. The Balaban J connectivity index is 2.85. The van der Waals surface area contributed by atoms with Crippen LogP contribution in [0.3, 0.4) is 0 Å². The number of hydrogen-bond acceptors (Lipinski definition) is 9. The summed E-state index contributed by atoms with van der Waals surface area (Å²) in [7, 11) is -14.6. The van der Waals surface area contributed by atoms with Gasteiger partial charge in [0.2, 0.25) is 20.0 Å². The van der Waals surface area contributed by atoms with Crippen LogP contribution in [-0.4, -0.2) is 41.1 Å². The number of sulfonamides is 2. The molecule has 0 amide bonds. The highest BCUT2D eigenvalue weighted by Crippen LogP contribution is 2.40. The molecule has 0 saturated heterocycles. The zero-order valence-electron chi connectivity index (χ0n) is 15.3. The fourth-order valence-corrected chi connectivity index (χ4v) is 5.15. The van der Waals surface area contributed by atoms with Crippen LogP contribution in [0.4, 0.5) is 5.69 Å². The average Bonchev–Trinajstić information content (AvgIpc) is 2.60. The van der Waals surface area contributed by atoms with Gasteiger partial charge in [0.25, 0.3) is 5.69 Å². The van der Waals surface area contributed by atoms with E-state index in [4.69, 9.17) is 10.3 Å². The van der Waals surface area contributed by atoms with Crippen molar-refractivity contribution in [3.63, 3.8) is 0 Å². The van der Waals surface area contributed by atoms with Gasteiger partial charge in [0.05, 0.1) is 31.1 Å². The lowest BCUT2D eigenvalue weighted by atomic mass is 10.1. The number of H-pyrrole nitrogens is 1. The SMILES string of the molecule is NS(=O)(=O)c1cc(S(N)(=O)=O)c2c(c1)c([N+](=O)[O-])cc1[nH]c(=O)c(=O)n(CP(=O)(O)O)c12. The molecule has 1 aromatic heterocycles. The van der Waals surface area contributed by atoms with Crippen molar-refractivity contribution < 1.29 is 36.1 Å². The number of nitro groups is 1. The predicted molar refractivity (Wildman–Crippen MR) is 108 cm³/mol. The van der Waals surface area contributed by atoms with Crippen LogP contribution in [-0.2, 0) is 30.9 Å². The molecule has 0 atom stereocenters. The number of nitrogens with two attached hydrogens (primary N) is 2. The molecule has 172 valence electrons. The molecule has 0 aliphatic carbocycles. The molecule has 0 saturated carbocycles. The second-order valence-electron chi connectivity index (χ2n) is 6.48. The van der Waals surface area contributed by atoms with Crippen LogP contribution in [0.15, 0.2) is 37.6 Å². The quantitative estimate of drug-likeness (QED) is 0.0839. The molecule has 0 aliphatic rings. The van der Waals surface area contributed by atoms with Gasteiger partial charge in [0.1, 0.15) is 6.29 Å². The number of benzene rings is 2. The summed E-state index contributed by atoms with van der Waals surface area (Å²) in [6.07, 6.45) is -1.40. The number of non-ortho nitro benzene ring substituents is 1. The van der Waals surface area contributed by atoms with Gasteiger partial charge in [-0.3, -0.25) is 28.8 Å². The van der Waals surface area contributed by atoms with Crippen molar-refractivity contribution in [2.75, 3.05) is 0 Å². The Labute approximate surface area is 176 Å². The maximum atomic E-state index is 12.4. The number of primary sulfonamides is 2. The summed E-state index contributed by atoms with van der Waals surface area (Å²) in [6.45, 7) is 0. The first-order valence-corrected chi connectivity index (χ1v) is 12.8. The van der Waals surface area contributed by atoms with Gasteiger partial charge < -0.3 is 14.8 Å². The Morgan fingerprint density at radius 1 is 1.09 bits per heavy atom. The Bertz CT molecular complexity index is 1720. The minimum absolute atomic E-state index is 0.228. The topological polar surface area (TPSA) is 276 Å². The lowest BCUT2D eigenvalue weighted by Crippen LogP contribution is -2.36. The molecule has 19 heteroatoms. The number of nitrogens with zero attached hydrogens (tertiary/aromatic N) is 2. The largest absolute Gasteiger partial charge is 0.345 e. The van der Waals surface area contributed by atoms with E-state index in [2.05, 4.69) is 0 Å². The molecule has 0 unspecified atom stereocenters. The van der Waals surface area contributed by atoms with E-state index in [0.717, 1.165) is 0 Å². The van der Waals surface area contributed by atoms with Gasteiger partial charge in [-0.2, -0.15) is 0 Å². The molecule has 16 nitrogen and oxygen atoms in total. The van der Waals surface area contributed by atoms with Crippen LogP contribution in [0.5, 0.6) is 0 Å². The van der Waals surface area contributed by atoms with Crippen LogP contribution in [0, 0.1) is 10.1 Å². The van der Waals surface area contributed by atoms with Crippen molar-refractivity contribution in [2.24, 2.45) is 10.3 Å². The van der Waals surface area contributed by atoms with E-state index in [1.54, 1.807) is 0 Å². The number of fused-ring (bicyclic) bond motifs is 3. The molecule has 0 bridgehead atoms. The van der Waals surface area contributed by atoms with E-state index in [9.17, 15) is 50.9 Å². The van der Waals surface area contributed by atoms with E-state index in [1.807, 2.05) is 4.98 Å². The molecule has 0 spiro atoms. The molecule has 3 aromatic rings. The Morgan fingerprint density at radius 3 is 2.16 bits per heavy atom. The molecule has 1 heterocycles. The molecule has 7 N–H and O–H groups in total. The molecular formula is C13H12N5O11PS2. The van der Waals surface area contributed by atoms with Gasteiger partial charge in [-0.15, -0.1) is 0 Å². The highest BCUT2D eigenvalue weighted by atomic mass is 32.2. The third-order valence-corrected chi connectivity index (χ3v) is 6.72. The molecule has 0 radical (unpaired) electrons. The maximum Gasteiger partial charge on any atom is 0.345 e. The second kappa shape index (κ2) is 7.27. The number of nitro benzene ring substituents is 1. The fourth-order valence-electron chi connectivity index (χ4n) is 3.09. The Morgan fingerprint density at radius 2 is 1.69 bits per heavy atom. The minimum Gasteiger partial charge on any atom is -0.323 e. The fraction of sp³-hybridized carbons (Fsp3) is 0.0769. The van der Waals surface area contributed by atoms with Gasteiger partial charge in [-0.05, 0) is 12.1 Å². The summed E-state index contributed by atoms with van der Waals surface area (Å²) < 4.78 is 59.9. The predicted octanol–water partition coefficient (Wildman–Crippen LogP) is -1.82. The van der Waals surface area contributed by atoms with Crippen molar-refractivity contribution in [2.45, 2.75) is 16.1 Å². The van der Waals surface area contributed by atoms with Crippen LogP contribution in [0.1, 0.15) is 0 Å². The minimum atomic E-state index is -5.06. The molecule has 0 aliphatic heterocycles. The van der Waals surface area contributed by atoms with E-state index in [1.165, 1.54) is 0 Å². The number of nitrogens with one attached hydrogen (secondary N) is 1. The van der Waals surface area contributed by atoms with E-state index >= 15 is 0 Å². The third-order valence-electron chi connectivity index (χ3n) is 4.24. The van der Waals surface area contributed by atoms with Gasteiger partial charge in [-0.25, -0.2) is 27.1 Å². The van der Waals surface area contributed by atoms with Gasteiger partial charge >= 0.3 is 18.7 Å². The van der Waals surface area contributed by atoms with Crippen molar-refractivity contribution in [1.82, 2.24) is 9.55 Å². The highest BCUT2D eigenvalue weighted by molar-refractivity contribution is 7.90. The first-order chi connectivity index (χ1) is 14.4. The second-order valence-corrected chi connectivity index (χ2v) is 11.2. The van der Waals surface area contributed by atoms with Crippen molar-refractivity contribution in [3.05, 3.63) is 49.0 Å². The first-order valence-electron chi connectivity index (χ1n) is 7.94. The number of aromatic amines is 1. The smallest absolute Gasteiger partial charge is 0.323 e. The number of aromatic nitrogens is 2. The van der Waals surface area contributed by atoms with Gasteiger partial charge in [0, 0.05) is 11.5 Å². The normalized spacial score (nSPS) is 13.0. The summed E-state index contributed by atoms with van der Waals surface area (Å²) in [5, 5.41) is 20.4. The summed E-state index contributed by atoms with van der Waals surface area (Å²) in [4.78, 5) is 53.6. The van der Waals surface area contributed by atoms with Crippen LogP contribution >= 0.6 is 7.60 Å². The van der Waals surface area contributed by atoms with Crippen molar-refractivity contribution in [1.29, 1.82) is 0 Å². The van der Waals surface area contributed by atoms with Crippen LogP contribution in [0.25, 0.3) is 21.8 Å². The van der Waals surface area contributed by atoms with Crippen LogP contribution < -0.4 is 21.4 Å². The molecule has 32 heavy (non-hydrogen) atoms. The van der Waals surface area contributed by atoms with Crippen molar-refractivity contribution >= 4 is 55.1 Å². The lowest BCUT2D eigenvalue weighted by molar-refractivity contribution is -0.383. The number of hydrogen-bond donors (Lipinski definition) is 5. The van der Waals surface area contributed by atoms with Gasteiger partial charge in [0.15, 0.2) is 0 Å². The highest BCUT2D eigenvalue weighted by Gasteiger charge is 2.29. The molecule has 2 aromatic carbocycles. The van der Waals surface area contributed by atoms with E-state index in [0.29, 0.717) is 18.2 Å². The summed E-state index contributed by atoms with van der Waals surface area (Å²) >= 11 is 0. The zero-order chi connectivity index (χ0) is 24.4. The van der Waals surface area contributed by atoms with Gasteiger partial charge in [-0.1, -0.05) is 0 Å². The van der Waals surface area contributed by atoms with E-state index in [-0.39, 0.29) is 4.57 Å². The van der Waals surface area contributed by atoms with Crippen molar-refractivity contribution in [3.8, 4) is 0 Å². The lowest BCUT2D eigenvalue weighted by Gasteiger charge is -2.15. The molecular weight excluding hydrogens is 497 g/mol. The van der Waals surface area contributed by atoms with Crippen LogP contribution in [0.2, 0.25) is 0 Å². The maximum absolute atomic E-state index is 12.4. The Kier molecular flexibility index (Phi) is 5.38. The summed E-state index contributed by atoms with van der Waals surface area (Å²) in [5.74, 6) is 0.